The minimum atomic E-state index is -3.75. The van der Waals surface area contributed by atoms with Crippen molar-refractivity contribution >= 4 is 16.0 Å². The SMILES string of the molecule is Cc1ccc(C)n1NS(=O)(=O)c1ccc(C(=O)O)cc1. The van der Waals surface area contributed by atoms with Gasteiger partial charge in [-0.1, -0.05) is 0 Å². The lowest BCUT2D eigenvalue weighted by Crippen LogP contribution is -2.25. The normalized spacial score (nSPS) is 11.3. The van der Waals surface area contributed by atoms with Crippen LogP contribution in [0, 0.1) is 13.8 Å². The van der Waals surface area contributed by atoms with Gasteiger partial charge in [-0.25, -0.2) is 9.63 Å². The number of aromatic carboxylic acids is 1. The number of aromatic nitrogens is 1. The van der Waals surface area contributed by atoms with Crippen molar-refractivity contribution in [2.75, 3.05) is 4.83 Å². The summed E-state index contributed by atoms with van der Waals surface area (Å²) >= 11 is 0. The first kappa shape index (κ1) is 14.1. The number of benzene rings is 1. The van der Waals surface area contributed by atoms with Gasteiger partial charge in [-0.3, -0.25) is 4.68 Å². The van der Waals surface area contributed by atoms with Crippen molar-refractivity contribution in [3.05, 3.63) is 53.3 Å². The van der Waals surface area contributed by atoms with Crippen LogP contribution >= 0.6 is 0 Å². The van der Waals surface area contributed by atoms with Crippen LogP contribution in [0.15, 0.2) is 41.3 Å². The molecule has 0 unspecified atom stereocenters. The maximum Gasteiger partial charge on any atom is 0.335 e. The van der Waals surface area contributed by atoms with Gasteiger partial charge in [-0.2, -0.15) is 8.42 Å². The zero-order valence-electron chi connectivity index (χ0n) is 11.0. The fourth-order valence-corrected chi connectivity index (χ4v) is 2.89. The molecule has 0 aliphatic rings. The number of aryl methyl sites for hydroxylation is 2. The second-order valence-electron chi connectivity index (χ2n) is 4.38. The third-order valence-electron chi connectivity index (χ3n) is 2.89. The van der Waals surface area contributed by atoms with Gasteiger partial charge in [-0.15, -0.1) is 0 Å². The number of carboxylic acid groups (broad SMARTS) is 1. The Balaban J connectivity index is 2.33. The third kappa shape index (κ3) is 2.67. The highest BCUT2D eigenvalue weighted by molar-refractivity contribution is 7.92. The van der Waals surface area contributed by atoms with Crippen molar-refractivity contribution in [3.8, 4) is 0 Å². The van der Waals surface area contributed by atoms with E-state index in [4.69, 9.17) is 5.11 Å². The van der Waals surface area contributed by atoms with E-state index in [9.17, 15) is 13.2 Å². The first-order chi connectivity index (χ1) is 9.31. The third-order valence-corrected chi connectivity index (χ3v) is 4.21. The molecule has 2 aromatic rings. The minimum Gasteiger partial charge on any atom is -0.478 e. The summed E-state index contributed by atoms with van der Waals surface area (Å²) in [6, 6.07) is 8.63. The number of nitrogens with zero attached hydrogens (tertiary/aromatic N) is 1. The van der Waals surface area contributed by atoms with Crippen molar-refractivity contribution in [2.24, 2.45) is 0 Å². The Bertz CT molecular complexity index is 726. The number of rotatable bonds is 4. The van der Waals surface area contributed by atoms with E-state index in [1.54, 1.807) is 26.0 Å². The fraction of sp³-hybridized carbons (Fsp3) is 0.154. The molecule has 0 atom stereocenters. The summed E-state index contributed by atoms with van der Waals surface area (Å²) < 4.78 is 25.9. The van der Waals surface area contributed by atoms with Crippen LogP contribution in [0.25, 0.3) is 0 Å². The molecule has 0 radical (unpaired) electrons. The molecule has 1 heterocycles. The van der Waals surface area contributed by atoms with Gasteiger partial charge in [0, 0.05) is 11.4 Å². The lowest BCUT2D eigenvalue weighted by atomic mass is 10.2. The Morgan fingerprint density at radius 3 is 2.00 bits per heavy atom. The topological polar surface area (TPSA) is 88.4 Å². The molecule has 0 saturated heterocycles. The Hall–Kier alpha value is -2.28. The van der Waals surface area contributed by atoms with Gasteiger partial charge in [0.15, 0.2) is 0 Å². The number of nitrogens with one attached hydrogen (secondary N) is 1. The van der Waals surface area contributed by atoms with Crippen molar-refractivity contribution in [3.63, 3.8) is 0 Å². The molecule has 0 aliphatic heterocycles. The molecule has 0 amide bonds. The molecule has 7 heteroatoms. The van der Waals surface area contributed by atoms with E-state index in [0.717, 1.165) is 11.4 Å². The van der Waals surface area contributed by atoms with Crippen LogP contribution in [0.2, 0.25) is 0 Å². The molecule has 106 valence electrons. The smallest absolute Gasteiger partial charge is 0.335 e. The molecule has 1 aromatic carbocycles. The molecule has 20 heavy (non-hydrogen) atoms. The van der Waals surface area contributed by atoms with Crippen molar-refractivity contribution < 1.29 is 18.3 Å². The van der Waals surface area contributed by atoms with Gasteiger partial charge >= 0.3 is 5.97 Å². The van der Waals surface area contributed by atoms with E-state index < -0.39 is 16.0 Å². The number of sulfonamides is 1. The van der Waals surface area contributed by atoms with Crippen LogP contribution in [0.4, 0.5) is 0 Å². The summed E-state index contributed by atoms with van der Waals surface area (Å²) in [5.74, 6) is -1.10. The second kappa shape index (κ2) is 5.01. The quantitative estimate of drug-likeness (QED) is 0.899. The number of hydrogen-bond acceptors (Lipinski definition) is 3. The second-order valence-corrected chi connectivity index (χ2v) is 6.04. The summed E-state index contributed by atoms with van der Waals surface area (Å²) in [7, 11) is -3.75. The Morgan fingerprint density at radius 2 is 1.55 bits per heavy atom. The number of hydrogen-bond donors (Lipinski definition) is 2. The number of carboxylic acids is 1. The number of carbonyl (C=O) groups is 1. The van der Waals surface area contributed by atoms with Gasteiger partial charge in [0.25, 0.3) is 10.0 Å². The molecule has 0 aliphatic carbocycles. The molecule has 0 spiro atoms. The van der Waals surface area contributed by atoms with Gasteiger partial charge < -0.3 is 5.11 Å². The van der Waals surface area contributed by atoms with Crippen molar-refractivity contribution in [1.29, 1.82) is 0 Å². The lowest BCUT2D eigenvalue weighted by Gasteiger charge is -2.13. The Kier molecular flexibility index (Phi) is 3.54. The summed E-state index contributed by atoms with van der Waals surface area (Å²) in [6.45, 7) is 3.56. The predicted octanol–water partition coefficient (Wildman–Crippen LogP) is 1.74. The van der Waals surface area contributed by atoms with Crippen LogP contribution < -0.4 is 4.83 Å². The first-order valence-electron chi connectivity index (χ1n) is 5.82. The van der Waals surface area contributed by atoms with Crippen molar-refractivity contribution in [1.82, 2.24) is 4.68 Å². The minimum absolute atomic E-state index is 0.00926. The van der Waals surface area contributed by atoms with Gasteiger partial charge in [-0.05, 0) is 50.2 Å². The average Bonchev–Trinajstić information content (AvgIpc) is 2.70. The zero-order valence-corrected chi connectivity index (χ0v) is 11.8. The fourth-order valence-electron chi connectivity index (χ4n) is 1.76. The van der Waals surface area contributed by atoms with E-state index >= 15 is 0 Å². The monoisotopic (exact) mass is 294 g/mol. The molecule has 2 rings (SSSR count). The Labute approximate surface area is 116 Å². The maximum atomic E-state index is 12.2. The molecular formula is C13H14N2O4S. The highest BCUT2D eigenvalue weighted by Crippen LogP contribution is 2.13. The van der Waals surface area contributed by atoms with Crippen LogP contribution in [0.5, 0.6) is 0 Å². The van der Waals surface area contributed by atoms with Gasteiger partial charge in [0.1, 0.15) is 0 Å². The van der Waals surface area contributed by atoms with Crippen LogP contribution in [-0.2, 0) is 10.0 Å². The van der Waals surface area contributed by atoms with Gasteiger partial charge in [0.05, 0.1) is 10.5 Å². The van der Waals surface area contributed by atoms with Crippen LogP contribution in [-0.4, -0.2) is 24.2 Å². The van der Waals surface area contributed by atoms with E-state index in [1.807, 2.05) is 0 Å². The summed E-state index contributed by atoms with van der Waals surface area (Å²) in [5.41, 5.74) is 1.55. The van der Waals surface area contributed by atoms with E-state index in [1.165, 1.54) is 28.9 Å². The molecule has 1 aromatic heterocycles. The summed E-state index contributed by atoms with van der Waals surface area (Å²) in [5, 5.41) is 8.79. The van der Waals surface area contributed by atoms with E-state index in [-0.39, 0.29) is 10.5 Å². The lowest BCUT2D eigenvalue weighted by molar-refractivity contribution is 0.0697. The highest BCUT2D eigenvalue weighted by Gasteiger charge is 2.16. The standard InChI is InChI=1S/C13H14N2O4S/c1-9-3-4-10(2)15(9)14-20(18,19)12-7-5-11(6-8-12)13(16)17/h3-8,14H,1-2H3,(H,16,17). The maximum absolute atomic E-state index is 12.2. The summed E-state index contributed by atoms with van der Waals surface area (Å²) in [6.07, 6.45) is 0. The predicted molar refractivity (Wildman–Crippen MR) is 73.9 cm³/mol. The van der Waals surface area contributed by atoms with Gasteiger partial charge in [0.2, 0.25) is 0 Å². The highest BCUT2D eigenvalue weighted by atomic mass is 32.2. The molecule has 0 bridgehead atoms. The molecule has 0 fully saturated rings. The van der Waals surface area contributed by atoms with E-state index in [2.05, 4.69) is 4.83 Å². The summed E-state index contributed by atoms with van der Waals surface area (Å²) in [4.78, 5) is 13.2. The first-order valence-corrected chi connectivity index (χ1v) is 7.31. The molecular weight excluding hydrogens is 280 g/mol. The van der Waals surface area contributed by atoms with Crippen LogP contribution in [0.3, 0.4) is 0 Å². The molecule has 6 nitrogen and oxygen atoms in total. The average molecular weight is 294 g/mol. The largest absolute Gasteiger partial charge is 0.478 e. The van der Waals surface area contributed by atoms with Crippen molar-refractivity contribution in [2.45, 2.75) is 18.7 Å². The zero-order chi connectivity index (χ0) is 14.9. The van der Waals surface area contributed by atoms with Crippen LogP contribution in [0.1, 0.15) is 21.7 Å². The molecule has 2 N–H and O–H groups in total. The Morgan fingerprint density at radius 1 is 1.05 bits per heavy atom. The van der Waals surface area contributed by atoms with E-state index in [0.29, 0.717) is 0 Å². The molecule has 0 saturated carbocycles.